The highest BCUT2D eigenvalue weighted by atomic mass is 16.3. The number of hydrogen-bond donors (Lipinski definition) is 3. The molecule has 0 rings (SSSR count). The van der Waals surface area contributed by atoms with Gasteiger partial charge in [0, 0.05) is 32.2 Å². The average molecular weight is 244 g/mol. The molecule has 0 bridgehead atoms. The quantitative estimate of drug-likeness (QED) is 0.600. The van der Waals surface area contributed by atoms with Gasteiger partial charge in [-0.25, -0.2) is 0 Å². The maximum Gasteiger partial charge on any atom is 0.226 e. The number of rotatable bonds is 8. The third-order valence-electron chi connectivity index (χ3n) is 3.74. The van der Waals surface area contributed by atoms with E-state index in [-0.39, 0.29) is 17.9 Å². The van der Waals surface area contributed by atoms with Crippen molar-refractivity contribution in [1.82, 2.24) is 10.6 Å². The topological polar surface area (TPSA) is 61.4 Å². The molecule has 0 saturated heterocycles. The van der Waals surface area contributed by atoms with E-state index >= 15 is 0 Å². The number of carbonyl (C=O) groups excluding carboxylic acids is 1. The first-order chi connectivity index (χ1) is 7.87. The second kappa shape index (κ2) is 6.97. The summed E-state index contributed by atoms with van der Waals surface area (Å²) in [5.74, 6) is 0.0348. The molecule has 0 heterocycles. The molecule has 0 radical (unpaired) electrons. The zero-order chi connectivity index (χ0) is 13.5. The molecule has 0 aromatic heterocycles. The van der Waals surface area contributed by atoms with E-state index in [2.05, 4.69) is 24.5 Å². The molecule has 0 saturated carbocycles. The summed E-state index contributed by atoms with van der Waals surface area (Å²) in [7, 11) is 1.65. The van der Waals surface area contributed by atoms with Crippen LogP contribution in [0.25, 0.3) is 0 Å². The number of aliphatic hydroxyl groups is 1. The zero-order valence-corrected chi connectivity index (χ0v) is 11.9. The third kappa shape index (κ3) is 4.64. The van der Waals surface area contributed by atoms with E-state index in [4.69, 9.17) is 0 Å². The lowest BCUT2D eigenvalue weighted by Gasteiger charge is -2.32. The second-order valence-electron chi connectivity index (χ2n) is 5.43. The fourth-order valence-corrected chi connectivity index (χ4v) is 1.84. The van der Waals surface area contributed by atoms with Crippen LogP contribution in [0, 0.1) is 10.8 Å². The highest BCUT2D eigenvalue weighted by molar-refractivity contribution is 5.81. The van der Waals surface area contributed by atoms with Gasteiger partial charge in [0.2, 0.25) is 5.91 Å². The van der Waals surface area contributed by atoms with Gasteiger partial charge in [-0.15, -0.1) is 0 Å². The van der Waals surface area contributed by atoms with Crippen molar-refractivity contribution in [1.29, 1.82) is 0 Å². The first kappa shape index (κ1) is 16.4. The molecule has 0 aromatic rings. The minimum Gasteiger partial charge on any atom is -0.396 e. The Bertz CT molecular complexity index is 227. The summed E-state index contributed by atoms with van der Waals surface area (Å²) < 4.78 is 0. The molecule has 0 aliphatic carbocycles. The largest absolute Gasteiger partial charge is 0.396 e. The Labute approximate surface area is 105 Å². The van der Waals surface area contributed by atoms with Crippen molar-refractivity contribution in [3.05, 3.63) is 0 Å². The van der Waals surface area contributed by atoms with Crippen molar-refractivity contribution in [2.45, 2.75) is 40.5 Å². The number of aliphatic hydroxyl groups excluding tert-OH is 1. The van der Waals surface area contributed by atoms with Crippen LogP contribution >= 0.6 is 0 Å². The van der Waals surface area contributed by atoms with E-state index in [0.717, 1.165) is 19.4 Å². The lowest BCUT2D eigenvalue weighted by atomic mass is 9.82. The van der Waals surface area contributed by atoms with Crippen molar-refractivity contribution in [2.75, 3.05) is 26.7 Å². The summed E-state index contributed by atoms with van der Waals surface area (Å²) in [6, 6.07) is 0. The predicted octanol–water partition coefficient (Wildman–Crippen LogP) is 1.15. The maximum atomic E-state index is 11.6. The minimum atomic E-state index is -0.419. The van der Waals surface area contributed by atoms with Crippen LogP contribution in [-0.2, 0) is 4.79 Å². The predicted molar refractivity (Wildman–Crippen MR) is 70.8 cm³/mol. The molecule has 102 valence electrons. The van der Waals surface area contributed by atoms with Crippen molar-refractivity contribution in [3.63, 3.8) is 0 Å². The Morgan fingerprint density at radius 2 is 1.71 bits per heavy atom. The maximum absolute atomic E-state index is 11.6. The number of nitrogens with one attached hydrogen (secondary N) is 2. The van der Waals surface area contributed by atoms with Gasteiger partial charge in [0.05, 0.1) is 5.41 Å². The van der Waals surface area contributed by atoms with E-state index < -0.39 is 5.41 Å². The Balaban J connectivity index is 4.26. The summed E-state index contributed by atoms with van der Waals surface area (Å²) in [6.45, 7) is 9.56. The summed E-state index contributed by atoms with van der Waals surface area (Å²) >= 11 is 0. The highest BCUT2D eigenvalue weighted by Gasteiger charge is 2.29. The fraction of sp³-hybridized carbons (Fsp3) is 0.923. The zero-order valence-electron chi connectivity index (χ0n) is 11.9. The van der Waals surface area contributed by atoms with Crippen LogP contribution in [0.3, 0.4) is 0 Å². The van der Waals surface area contributed by atoms with Crippen molar-refractivity contribution in [3.8, 4) is 0 Å². The molecule has 1 amide bonds. The Morgan fingerprint density at radius 3 is 2.06 bits per heavy atom. The molecule has 3 N–H and O–H groups in total. The average Bonchev–Trinajstić information content (AvgIpc) is 2.34. The van der Waals surface area contributed by atoms with Crippen LogP contribution < -0.4 is 10.6 Å². The fourth-order valence-electron chi connectivity index (χ4n) is 1.84. The van der Waals surface area contributed by atoms with Crippen molar-refractivity contribution >= 4 is 5.91 Å². The highest BCUT2D eigenvalue weighted by Crippen LogP contribution is 2.25. The van der Waals surface area contributed by atoms with Gasteiger partial charge in [0.1, 0.15) is 0 Å². The van der Waals surface area contributed by atoms with Crippen molar-refractivity contribution < 1.29 is 9.90 Å². The van der Waals surface area contributed by atoms with Crippen LogP contribution in [0.4, 0.5) is 0 Å². The number of amides is 1. The van der Waals surface area contributed by atoms with Gasteiger partial charge in [0.15, 0.2) is 0 Å². The SMILES string of the molecule is CCC(CC)(CO)CNCC(C)(C)C(=O)NC. The van der Waals surface area contributed by atoms with E-state index in [9.17, 15) is 9.90 Å². The van der Waals surface area contributed by atoms with Gasteiger partial charge in [-0.3, -0.25) is 4.79 Å². The molecular formula is C13H28N2O2. The van der Waals surface area contributed by atoms with Gasteiger partial charge in [0.25, 0.3) is 0 Å². The Kier molecular flexibility index (Phi) is 6.72. The lowest BCUT2D eigenvalue weighted by Crippen LogP contribution is -2.45. The van der Waals surface area contributed by atoms with Crippen molar-refractivity contribution in [2.24, 2.45) is 10.8 Å². The summed E-state index contributed by atoms with van der Waals surface area (Å²) in [6.07, 6.45) is 1.88. The molecular weight excluding hydrogens is 216 g/mol. The van der Waals surface area contributed by atoms with Crippen LogP contribution in [-0.4, -0.2) is 37.8 Å². The normalized spacial score (nSPS) is 12.6. The molecule has 0 fully saturated rings. The summed E-state index contributed by atoms with van der Waals surface area (Å²) in [5.41, 5.74) is -0.476. The smallest absolute Gasteiger partial charge is 0.226 e. The van der Waals surface area contributed by atoms with E-state index in [0.29, 0.717) is 6.54 Å². The Hall–Kier alpha value is -0.610. The van der Waals surface area contributed by atoms with Crippen LogP contribution in [0.5, 0.6) is 0 Å². The lowest BCUT2D eigenvalue weighted by molar-refractivity contribution is -0.128. The van der Waals surface area contributed by atoms with Gasteiger partial charge in [-0.05, 0) is 26.7 Å². The molecule has 17 heavy (non-hydrogen) atoms. The van der Waals surface area contributed by atoms with Crippen LogP contribution in [0.1, 0.15) is 40.5 Å². The molecule has 0 aliphatic rings. The third-order valence-corrected chi connectivity index (χ3v) is 3.74. The molecule has 0 spiro atoms. The monoisotopic (exact) mass is 244 g/mol. The van der Waals surface area contributed by atoms with Gasteiger partial charge in [-0.2, -0.15) is 0 Å². The van der Waals surface area contributed by atoms with Gasteiger partial charge in [-0.1, -0.05) is 13.8 Å². The molecule has 0 aliphatic heterocycles. The molecule has 4 nitrogen and oxygen atoms in total. The van der Waals surface area contributed by atoms with Gasteiger partial charge < -0.3 is 15.7 Å². The minimum absolute atomic E-state index is 0.0348. The molecule has 0 atom stereocenters. The molecule has 0 unspecified atom stereocenters. The molecule has 4 heteroatoms. The summed E-state index contributed by atoms with van der Waals surface area (Å²) in [4.78, 5) is 11.6. The van der Waals surface area contributed by atoms with Gasteiger partial charge >= 0.3 is 0 Å². The first-order valence-electron chi connectivity index (χ1n) is 6.41. The number of carbonyl (C=O) groups is 1. The number of hydrogen-bond acceptors (Lipinski definition) is 3. The first-order valence-corrected chi connectivity index (χ1v) is 6.41. The van der Waals surface area contributed by atoms with E-state index in [1.165, 1.54) is 0 Å². The Morgan fingerprint density at radius 1 is 1.18 bits per heavy atom. The second-order valence-corrected chi connectivity index (χ2v) is 5.43. The van der Waals surface area contributed by atoms with Crippen LogP contribution in [0.2, 0.25) is 0 Å². The van der Waals surface area contributed by atoms with Crippen LogP contribution in [0.15, 0.2) is 0 Å². The van der Waals surface area contributed by atoms with E-state index in [1.54, 1.807) is 7.05 Å². The molecule has 0 aromatic carbocycles. The van der Waals surface area contributed by atoms with E-state index in [1.807, 2.05) is 13.8 Å². The summed E-state index contributed by atoms with van der Waals surface area (Å²) in [5, 5.41) is 15.4. The standard InChI is InChI=1S/C13H28N2O2/c1-6-13(7-2,10-16)9-15-8-12(3,4)11(17)14-5/h15-16H,6-10H2,1-5H3,(H,14,17).